The van der Waals surface area contributed by atoms with Gasteiger partial charge in [-0.2, -0.15) is 0 Å². The highest BCUT2D eigenvalue weighted by molar-refractivity contribution is 9.10. The second-order valence-corrected chi connectivity index (χ2v) is 6.68. The molecule has 0 radical (unpaired) electrons. The Kier molecular flexibility index (Phi) is 5.47. The molecule has 0 aromatic heterocycles. The zero-order valence-electron chi connectivity index (χ0n) is 12.6. The van der Waals surface area contributed by atoms with Crippen LogP contribution in [0.2, 0.25) is 0 Å². The lowest BCUT2D eigenvalue weighted by Gasteiger charge is -2.37. The number of piperidine rings is 1. The molecule has 3 atom stereocenters. The fourth-order valence-electron chi connectivity index (χ4n) is 2.84. The predicted molar refractivity (Wildman–Crippen MR) is 88.2 cm³/mol. The summed E-state index contributed by atoms with van der Waals surface area (Å²) in [5.74, 6) is 0.399. The van der Waals surface area contributed by atoms with E-state index in [1.165, 1.54) is 11.3 Å². The molecule has 2 N–H and O–H groups in total. The van der Waals surface area contributed by atoms with Crippen molar-refractivity contribution in [2.75, 3.05) is 24.5 Å². The van der Waals surface area contributed by atoms with Crippen LogP contribution in [0.4, 0.5) is 5.69 Å². The highest BCUT2D eigenvalue weighted by Gasteiger charge is 2.26. The van der Waals surface area contributed by atoms with Crippen LogP contribution in [0.3, 0.4) is 0 Å². The number of hydrogen-bond donors (Lipinski definition) is 2. The number of hydrogen-bond acceptors (Lipinski definition) is 3. The van der Waals surface area contributed by atoms with Gasteiger partial charge in [0.15, 0.2) is 0 Å². The molecular formula is C16H25BrN2O. The van der Waals surface area contributed by atoms with E-state index in [0.717, 1.165) is 30.5 Å². The van der Waals surface area contributed by atoms with Crippen LogP contribution in [0.1, 0.15) is 38.8 Å². The third-order valence-electron chi connectivity index (χ3n) is 4.23. The number of nitrogens with zero attached hydrogens (tertiary/aromatic N) is 1. The van der Waals surface area contributed by atoms with Crippen molar-refractivity contribution >= 4 is 21.6 Å². The minimum absolute atomic E-state index is 0.227. The average molecular weight is 341 g/mol. The lowest BCUT2D eigenvalue weighted by molar-refractivity contribution is 0.103. The van der Waals surface area contributed by atoms with Crippen molar-refractivity contribution in [3.63, 3.8) is 0 Å². The van der Waals surface area contributed by atoms with E-state index in [4.69, 9.17) is 0 Å². The predicted octanol–water partition coefficient (Wildman–Crippen LogP) is 3.33. The highest BCUT2D eigenvalue weighted by Crippen LogP contribution is 2.32. The molecule has 1 saturated heterocycles. The van der Waals surface area contributed by atoms with E-state index in [1.54, 1.807) is 0 Å². The van der Waals surface area contributed by atoms with Crippen LogP contribution in [0, 0.1) is 5.92 Å². The molecule has 0 amide bonds. The molecule has 112 valence electrons. The fourth-order valence-corrected chi connectivity index (χ4v) is 3.22. The standard InChI is InChI=1S/C16H25BrN2O/c1-4-18-12(3)14-9-13(17)5-6-15(14)19-8-7-11(2)16(20)10-19/h5-6,9,11-12,16,18,20H,4,7-8,10H2,1-3H3. The minimum Gasteiger partial charge on any atom is -0.391 e. The van der Waals surface area contributed by atoms with Gasteiger partial charge >= 0.3 is 0 Å². The molecule has 2 rings (SSSR count). The number of aliphatic hydroxyl groups excluding tert-OH is 1. The number of β-amino-alcohol motifs (C(OH)–C–C–N with tert-alkyl or cyclic N) is 1. The number of benzene rings is 1. The van der Waals surface area contributed by atoms with Crippen LogP contribution in [-0.2, 0) is 0 Å². The Morgan fingerprint density at radius 3 is 2.90 bits per heavy atom. The Bertz CT molecular complexity index is 452. The van der Waals surface area contributed by atoms with Gasteiger partial charge < -0.3 is 15.3 Å². The largest absolute Gasteiger partial charge is 0.391 e. The van der Waals surface area contributed by atoms with Gasteiger partial charge in [-0.15, -0.1) is 0 Å². The molecule has 0 bridgehead atoms. The maximum absolute atomic E-state index is 10.1. The van der Waals surface area contributed by atoms with E-state index in [2.05, 4.69) is 65.1 Å². The van der Waals surface area contributed by atoms with Crippen molar-refractivity contribution in [2.45, 2.75) is 39.3 Å². The number of halogens is 1. The summed E-state index contributed by atoms with van der Waals surface area (Å²) < 4.78 is 1.10. The zero-order valence-corrected chi connectivity index (χ0v) is 14.2. The Morgan fingerprint density at radius 1 is 1.50 bits per heavy atom. The van der Waals surface area contributed by atoms with Gasteiger partial charge in [0.25, 0.3) is 0 Å². The van der Waals surface area contributed by atoms with Crippen molar-refractivity contribution in [3.05, 3.63) is 28.2 Å². The van der Waals surface area contributed by atoms with Gasteiger partial charge in [-0.25, -0.2) is 0 Å². The first-order valence-electron chi connectivity index (χ1n) is 7.48. The summed E-state index contributed by atoms with van der Waals surface area (Å²) in [7, 11) is 0. The molecule has 3 unspecified atom stereocenters. The third-order valence-corrected chi connectivity index (χ3v) is 4.72. The van der Waals surface area contributed by atoms with Crippen LogP contribution in [0.5, 0.6) is 0 Å². The van der Waals surface area contributed by atoms with E-state index in [0.29, 0.717) is 12.0 Å². The van der Waals surface area contributed by atoms with Gasteiger partial charge in [-0.1, -0.05) is 29.8 Å². The summed E-state index contributed by atoms with van der Waals surface area (Å²) in [6, 6.07) is 6.74. The second kappa shape index (κ2) is 6.92. The van der Waals surface area contributed by atoms with Crippen molar-refractivity contribution < 1.29 is 5.11 Å². The molecule has 1 aromatic carbocycles. The Morgan fingerprint density at radius 2 is 2.25 bits per heavy atom. The summed E-state index contributed by atoms with van der Waals surface area (Å²) >= 11 is 3.57. The van der Waals surface area contributed by atoms with Crippen LogP contribution in [0.25, 0.3) is 0 Å². The van der Waals surface area contributed by atoms with E-state index >= 15 is 0 Å². The van der Waals surface area contributed by atoms with Crippen molar-refractivity contribution in [1.29, 1.82) is 0 Å². The molecule has 1 heterocycles. The van der Waals surface area contributed by atoms with Gasteiger partial charge in [0.1, 0.15) is 0 Å². The van der Waals surface area contributed by atoms with Crippen molar-refractivity contribution in [3.8, 4) is 0 Å². The Labute approximate surface area is 130 Å². The van der Waals surface area contributed by atoms with E-state index in [-0.39, 0.29) is 6.10 Å². The van der Waals surface area contributed by atoms with E-state index in [9.17, 15) is 5.11 Å². The summed E-state index contributed by atoms with van der Waals surface area (Å²) in [5.41, 5.74) is 2.54. The normalized spacial score (nSPS) is 24.8. The SMILES string of the molecule is CCNC(C)c1cc(Br)ccc1N1CCC(C)C(O)C1. The van der Waals surface area contributed by atoms with Gasteiger partial charge in [-0.3, -0.25) is 0 Å². The van der Waals surface area contributed by atoms with Gasteiger partial charge in [0.2, 0.25) is 0 Å². The molecule has 0 saturated carbocycles. The lowest BCUT2D eigenvalue weighted by atomic mass is 9.94. The maximum Gasteiger partial charge on any atom is 0.0741 e. The van der Waals surface area contributed by atoms with E-state index in [1.807, 2.05) is 0 Å². The maximum atomic E-state index is 10.1. The first-order valence-corrected chi connectivity index (χ1v) is 8.28. The van der Waals surface area contributed by atoms with Gasteiger partial charge in [-0.05, 0) is 49.6 Å². The minimum atomic E-state index is -0.227. The van der Waals surface area contributed by atoms with Crippen LogP contribution in [0.15, 0.2) is 22.7 Å². The van der Waals surface area contributed by atoms with E-state index < -0.39 is 0 Å². The number of anilines is 1. The average Bonchev–Trinajstić information content (AvgIpc) is 2.42. The lowest BCUT2D eigenvalue weighted by Crippen LogP contribution is -2.43. The number of rotatable bonds is 4. The summed E-state index contributed by atoms with van der Waals surface area (Å²) in [6.07, 6.45) is 0.821. The van der Waals surface area contributed by atoms with Crippen molar-refractivity contribution in [2.24, 2.45) is 5.92 Å². The topological polar surface area (TPSA) is 35.5 Å². The number of aliphatic hydroxyl groups is 1. The molecule has 0 aliphatic carbocycles. The molecule has 3 nitrogen and oxygen atoms in total. The monoisotopic (exact) mass is 340 g/mol. The first-order chi connectivity index (χ1) is 9.52. The molecule has 1 aliphatic rings. The summed E-state index contributed by atoms with van der Waals surface area (Å²) in [5, 5.41) is 13.6. The van der Waals surface area contributed by atoms with Gasteiger partial charge in [0.05, 0.1) is 6.10 Å². The molecule has 4 heteroatoms. The molecule has 20 heavy (non-hydrogen) atoms. The molecule has 0 spiro atoms. The summed E-state index contributed by atoms with van der Waals surface area (Å²) in [6.45, 7) is 9.15. The quantitative estimate of drug-likeness (QED) is 0.882. The van der Waals surface area contributed by atoms with Crippen LogP contribution >= 0.6 is 15.9 Å². The molecule has 1 aromatic rings. The first kappa shape index (κ1) is 15.8. The van der Waals surface area contributed by atoms with Crippen molar-refractivity contribution in [1.82, 2.24) is 5.32 Å². The Balaban J connectivity index is 2.26. The molecular weight excluding hydrogens is 316 g/mol. The van der Waals surface area contributed by atoms with Crippen LogP contribution in [-0.4, -0.2) is 30.8 Å². The smallest absolute Gasteiger partial charge is 0.0741 e. The fraction of sp³-hybridized carbons (Fsp3) is 0.625. The Hall–Kier alpha value is -0.580. The van der Waals surface area contributed by atoms with Crippen LogP contribution < -0.4 is 10.2 Å². The highest BCUT2D eigenvalue weighted by atomic mass is 79.9. The molecule has 1 aliphatic heterocycles. The molecule has 1 fully saturated rings. The number of nitrogens with one attached hydrogen (secondary N) is 1. The second-order valence-electron chi connectivity index (χ2n) is 5.76. The third kappa shape index (κ3) is 3.54. The zero-order chi connectivity index (χ0) is 14.7. The van der Waals surface area contributed by atoms with Gasteiger partial charge in [0, 0.05) is 29.3 Å². The summed E-state index contributed by atoms with van der Waals surface area (Å²) in [4.78, 5) is 2.32.